The van der Waals surface area contributed by atoms with Gasteiger partial charge in [0.2, 0.25) is 0 Å². The van der Waals surface area contributed by atoms with Gasteiger partial charge in [0.1, 0.15) is 0 Å². The molecule has 4 heteroatoms. The first-order valence-electron chi connectivity index (χ1n) is 2.29. The third kappa shape index (κ3) is 2.76. The van der Waals surface area contributed by atoms with Gasteiger partial charge in [-0.2, -0.15) is 0 Å². The summed E-state index contributed by atoms with van der Waals surface area (Å²) >= 11 is 0. The predicted molar refractivity (Wildman–Crippen MR) is 31.6 cm³/mol. The van der Waals surface area contributed by atoms with E-state index in [2.05, 4.69) is 4.43 Å². The van der Waals surface area contributed by atoms with Gasteiger partial charge in [-0.3, -0.25) is 4.79 Å². The van der Waals surface area contributed by atoms with Crippen LogP contribution in [0.2, 0.25) is 13.1 Å². The van der Waals surface area contributed by atoms with Crippen LogP contribution in [0.4, 0.5) is 0 Å². The maximum Gasteiger partial charge on any atom is 0.394 e. The zero-order valence-electron chi connectivity index (χ0n) is 5.30. The number of rotatable bonds is 3. The van der Waals surface area contributed by atoms with Crippen molar-refractivity contribution in [2.75, 3.05) is 7.11 Å². The summed E-state index contributed by atoms with van der Waals surface area (Å²) in [5.41, 5.74) is 0. The van der Waals surface area contributed by atoms with Gasteiger partial charge in [0.05, 0.1) is 0 Å². The number of hydrogen-bond acceptors (Lipinski definition) is 3. The van der Waals surface area contributed by atoms with Crippen LogP contribution in [-0.2, 0) is 13.6 Å². The van der Waals surface area contributed by atoms with Gasteiger partial charge in [0.15, 0.2) is 0 Å². The quantitative estimate of drug-likeness (QED) is 0.416. The summed E-state index contributed by atoms with van der Waals surface area (Å²) in [6, 6.07) is 0. The van der Waals surface area contributed by atoms with E-state index < -0.39 is 8.56 Å². The Morgan fingerprint density at radius 3 is 2.12 bits per heavy atom. The molecule has 0 aromatic carbocycles. The number of carbonyl (C=O) groups is 1. The molecule has 0 bridgehead atoms. The van der Waals surface area contributed by atoms with Crippen molar-refractivity contribution in [3.63, 3.8) is 0 Å². The molecule has 0 saturated heterocycles. The summed E-state index contributed by atoms with van der Waals surface area (Å²) in [4.78, 5) is 9.71. The van der Waals surface area contributed by atoms with E-state index >= 15 is 0 Å². The van der Waals surface area contributed by atoms with Gasteiger partial charge in [-0.1, -0.05) is 0 Å². The van der Waals surface area contributed by atoms with E-state index in [4.69, 9.17) is 4.43 Å². The minimum absolute atomic E-state index is 0.426. The summed E-state index contributed by atoms with van der Waals surface area (Å²) in [5, 5.41) is 0. The van der Waals surface area contributed by atoms with Crippen LogP contribution in [0, 0.1) is 0 Å². The van der Waals surface area contributed by atoms with E-state index in [-0.39, 0.29) is 0 Å². The first kappa shape index (κ1) is 7.65. The lowest BCUT2D eigenvalue weighted by atomic mass is 11.7. The van der Waals surface area contributed by atoms with Crippen molar-refractivity contribution in [1.82, 2.24) is 0 Å². The van der Waals surface area contributed by atoms with Crippen LogP contribution in [0.25, 0.3) is 0 Å². The van der Waals surface area contributed by atoms with E-state index in [1.807, 2.05) is 0 Å². The average molecular weight is 134 g/mol. The van der Waals surface area contributed by atoms with Crippen molar-refractivity contribution in [3.05, 3.63) is 0 Å². The van der Waals surface area contributed by atoms with Gasteiger partial charge in [-0.25, -0.2) is 0 Å². The fourth-order valence-electron chi connectivity index (χ4n) is 0.164. The molecule has 0 heterocycles. The molecule has 0 amide bonds. The first-order valence-corrected chi connectivity index (χ1v) is 5.10. The zero-order valence-corrected chi connectivity index (χ0v) is 6.30. The second kappa shape index (κ2) is 2.83. The smallest absolute Gasteiger partial charge is 0.394 e. The monoisotopic (exact) mass is 134 g/mol. The highest BCUT2D eigenvalue weighted by Gasteiger charge is 2.22. The van der Waals surface area contributed by atoms with E-state index in [9.17, 15) is 4.79 Å². The molecule has 0 saturated carbocycles. The molecule has 0 aliphatic rings. The van der Waals surface area contributed by atoms with Crippen LogP contribution in [0.1, 0.15) is 0 Å². The molecule has 0 aliphatic heterocycles. The number of hydrogen-bond donors (Lipinski definition) is 0. The Hall–Kier alpha value is -0.353. The molecule has 0 rings (SSSR count). The van der Waals surface area contributed by atoms with Crippen molar-refractivity contribution in [1.29, 1.82) is 0 Å². The van der Waals surface area contributed by atoms with E-state index in [1.165, 1.54) is 7.11 Å². The maximum atomic E-state index is 9.71. The minimum atomic E-state index is -2.05. The molecule has 0 aromatic heterocycles. The molecular weight excluding hydrogens is 124 g/mol. The third-order valence-electron chi connectivity index (χ3n) is 0.824. The molecule has 0 fully saturated rings. The molecule has 0 aliphatic carbocycles. The molecule has 48 valence electrons. The highest BCUT2D eigenvalue weighted by atomic mass is 28.4. The van der Waals surface area contributed by atoms with Crippen LogP contribution < -0.4 is 0 Å². The Morgan fingerprint density at radius 2 is 2.00 bits per heavy atom. The van der Waals surface area contributed by atoms with Crippen molar-refractivity contribution < 1.29 is 13.6 Å². The van der Waals surface area contributed by atoms with E-state index in [0.29, 0.717) is 6.47 Å². The van der Waals surface area contributed by atoms with Crippen molar-refractivity contribution in [2.45, 2.75) is 13.1 Å². The van der Waals surface area contributed by atoms with E-state index in [0.717, 1.165) is 0 Å². The van der Waals surface area contributed by atoms with Gasteiger partial charge >= 0.3 is 8.56 Å². The van der Waals surface area contributed by atoms with Gasteiger partial charge in [0, 0.05) is 7.11 Å². The standard InChI is InChI=1S/C4H10O3Si/c1-6-8(2,3)7-4-5/h4H,1-3H3. The van der Waals surface area contributed by atoms with Crippen LogP contribution in [0.3, 0.4) is 0 Å². The van der Waals surface area contributed by atoms with Crippen LogP contribution in [-0.4, -0.2) is 22.1 Å². The van der Waals surface area contributed by atoms with Gasteiger partial charge in [-0.05, 0) is 13.1 Å². The Morgan fingerprint density at radius 1 is 1.50 bits per heavy atom. The summed E-state index contributed by atoms with van der Waals surface area (Å²) in [7, 11) is -0.508. The molecule has 8 heavy (non-hydrogen) atoms. The summed E-state index contributed by atoms with van der Waals surface area (Å²) in [6.45, 7) is 4.01. The Labute approximate surface area is 49.9 Å². The highest BCUT2D eigenvalue weighted by Crippen LogP contribution is 2.00. The second-order valence-electron chi connectivity index (χ2n) is 1.82. The van der Waals surface area contributed by atoms with E-state index in [1.54, 1.807) is 13.1 Å². The molecular formula is C4H10O3Si. The Bertz CT molecular complexity index is 81.4. The third-order valence-corrected chi connectivity index (χ3v) is 2.47. The largest absolute Gasteiger partial charge is 0.497 e. The summed E-state index contributed by atoms with van der Waals surface area (Å²) in [6.07, 6.45) is 0. The topological polar surface area (TPSA) is 35.5 Å². The number of carbonyl (C=O) groups excluding carboxylic acids is 1. The lowest BCUT2D eigenvalue weighted by Crippen LogP contribution is -2.32. The Balaban J connectivity index is 3.53. The molecule has 0 radical (unpaired) electrons. The zero-order chi connectivity index (χ0) is 6.62. The minimum Gasteiger partial charge on any atom is -0.497 e. The summed E-state index contributed by atoms with van der Waals surface area (Å²) in [5.74, 6) is 0. The lowest BCUT2D eigenvalue weighted by molar-refractivity contribution is -0.122. The normalized spacial score (nSPS) is 10.9. The maximum absolute atomic E-state index is 9.71. The SMILES string of the molecule is CO[Si](C)(C)OC=O. The lowest BCUT2D eigenvalue weighted by Gasteiger charge is -2.15. The summed E-state index contributed by atoms with van der Waals surface area (Å²) < 4.78 is 9.48. The van der Waals surface area contributed by atoms with Crippen LogP contribution in [0.5, 0.6) is 0 Å². The average Bonchev–Trinajstić information content (AvgIpc) is 1.67. The molecule has 0 atom stereocenters. The van der Waals surface area contributed by atoms with Crippen molar-refractivity contribution in [3.8, 4) is 0 Å². The van der Waals surface area contributed by atoms with Gasteiger partial charge in [0.25, 0.3) is 6.47 Å². The molecule has 0 unspecified atom stereocenters. The highest BCUT2D eigenvalue weighted by molar-refractivity contribution is 6.65. The first-order chi connectivity index (χ1) is 3.62. The molecule has 0 N–H and O–H groups in total. The fraction of sp³-hybridized carbons (Fsp3) is 0.750. The predicted octanol–water partition coefficient (Wildman–Crippen LogP) is 0.508. The van der Waals surface area contributed by atoms with Crippen molar-refractivity contribution in [2.24, 2.45) is 0 Å². The Kier molecular flexibility index (Phi) is 2.71. The van der Waals surface area contributed by atoms with Crippen molar-refractivity contribution >= 4 is 15.0 Å². The van der Waals surface area contributed by atoms with Gasteiger partial charge < -0.3 is 8.85 Å². The second-order valence-corrected chi connectivity index (χ2v) is 5.26. The van der Waals surface area contributed by atoms with Crippen LogP contribution in [0.15, 0.2) is 0 Å². The fourth-order valence-corrected chi connectivity index (χ4v) is 0.492. The molecule has 3 nitrogen and oxygen atoms in total. The van der Waals surface area contributed by atoms with Gasteiger partial charge in [-0.15, -0.1) is 0 Å². The molecule has 0 aromatic rings. The van der Waals surface area contributed by atoms with Crippen LogP contribution >= 0.6 is 0 Å². The molecule has 0 spiro atoms.